The molecule has 0 N–H and O–H groups in total. The molecule has 0 unspecified atom stereocenters. The maximum atomic E-state index is 11.8. The highest BCUT2D eigenvalue weighted by Gasteiger charge is 2.15. The topological polar surface area (TPSA) is 73.8 Å². The van der Waals surface area contributed by atoms with Crippen molar-refractivity contribution >= 4 is 22.7 Å². The number of para-hydroxylation sites is 1. The van der Waals surface area contributed by atoms with E-state index in [1.165, 1.54) is 17.8 Å². The summed E-state index contributed by atoms with van der Waals surface area (Å²) < 4.78 is 6.93. The Labute approximate surface area is 147 Å². The summed E-state index contributed by atoms with van der Waals surface area (Å²) in [6, 6.07) is 15.0. The molecule has 0 bridgehead atoms. The Balaban J connectivity index is 1.83. The molecular weight excluding hydrogens is 336 g/mol. The van der Waals surface area contributed by atoms with Crippen LogP contribution in [-0.4, -0.2) is 20.2 Å². The third-order valence-electron chi connectivity index (χ3n) is 3.85. The SMILES string of the molecule is Cc1ccc(C)c(-n2nnnc2Sc2cc(=O)oc3ccccc23)c1. The van der Waals surface area contributed by atoms with Gasteiger partial charge < -0.3 is 4.42 Å². The molecule has 0 amide bonds. The van der Waals surface area contributed by atoms with Crippen LogP contribution < -0.4 is 5.63 Å². The molecule has 6 nitrogen and oxygen atoms in total. The molecule has 2 aromatic carbocycles. The van der Waals surface area contributed by atoms with Crippen molar-refractivity contribution in [2.75, 3.05) is 0 Å². The fourth-order valence-electron chi connectivity index (χ4n) is 2.61. The molecule has 0 saturated heterocycles. The molecule has 0 aliphatic rings. The van der Waals surface area contributed by atoms with Crippen molar-refractivity contribution in [2.24, 2.45) is 0 Å². The number of hydrogen-bond donors (Lipinski definition) is 0. The van der Waals surface area contributed by atoms with Crippen LogP contribution in [0.5, 0.6) is 0 Å². The summed E-state index contributed by atoms with van der Waals surface area (Å²) in [7, 11) is 0. The number of fused-ring (bicyclic) bond motifs is 1. The summed E-state index contributed by atoms with van der Waals surface area (Å²) in [4.78, 5) is 12.6. The van der Waals surface area contributed by atoms with Crippen LogP contribution in [0, 0.1) is 13.8 Å². The molecule has 4 rings (SSSR count). The van der Waals surface area contributed by atoms with Crippen LogP contribution in [0.3, 0.4) is 0 Å². The van der Waals surface area contributed by atoms with Crippen molar-refractivity contribution in [1.82, 2.24) is 20.2 Å². The van der Waals surface area contributed by atoms with Gasteiger partial charge in [0.15, 0.2) is 0 Å². The minimum absolute atomic E-state index is 0.396. The van der Waals surface area contributed by atoms with Crippen LogP contribution in [0.4, 0.5) is 0 Å². The molecule has 0 spiro atoms. The molecule has 4 aromatic rings. The molecule has 7 heteroatoms. The van der Waals surface area contributed by atoms with Gasteiger partial charge in [-0.25, -0.2) is 4.79 Å². The van der Waals surface area contributed by atoms with Gasteiger partial charge in [-0.3, -0.25) is 0 Å². The fourth-order valence-corrected chi connectivity index (χ4v) is 3.54. The Bertz CT molecular complexity index is 1130. The van der Waals surface area contributed by atoms with Gasteiger partial charge in [0.25, 0.3) is 0 Å². The number of benzene rings is 2. The molecule has 25 heavy (non-hydrogen) atoms. The monoisotopic (exact) mass is 350 g/mol. The van der Waals surface area contributed by atoms with E-state index >= 15 is 0 Å². The highest BCUT2D eigenvalue weighted by Crippen LogP contribution is 2.32. The zero-order valence-corrected chi connectivity index (χ0v) is 14.4. The van der Waals surface area contributed by atoms with Gasteiger partial charge in [0.2, 0.25) is 5.16 Å². The highest BCUT2D eigenvalue weighted by atomic mass is 32.2. The molecule has 0 fully saturated rings. The van der Waals surface area contributed by atoms with Crippen LogP contribution in [0.2, 0.25) is 0 Å². The first-order valence-electron chi connectivity index (χ1n) is 7.68. The van der Waals surface area contributed by atoms with E-state index in [-0.39, 0.29) is 0 Å². The van der Waals surface area contributed by atoms with Crippen molar-refractivity contribution < 1.29 is 4.42 Å². The van der Waals surface area contributed by atoms with Gasteiger partial charge in [-0.15, -0.1) is 5.10 Å². The number of tetrazole rings is 1. The summed E-state index contributed by atoms with van der Waals surface area (Å²) in [6.45, 7) is 4.04. The number of aryl methyl sites for hydroxylation is 2. The van der Waals surface area contributed by atoms with Gasteiger partial charge in [-0.1, -0.05) is 30.3 Å². The smallest absolute Gasteiger partial charge is 0.337 e. The second-order valence-corrected chi connectivity index (χ2v) is 6.70. The number of hydrogen-bond acceptors (Lipinski definition) is 6. The summed E-state index contributed by atoms with van der Waals surface area (Å²) in [6.07, 6.45) is 0. The van der Waals surface area contributed by atoms with Crippen molar-refractivity contribution in [3.63, 3.8) is 0 Å². The normalized spacial score (nSPS) is 11.1. The maximum absolute atomic E-state index is 11.8. The van der Waals surface area contributed by atoms with Gasteiger partial charge in [0, 0.05) is 16.3 Å². The quantitative estimate of drug-likeness (QED) is 0.526. The second-order valence-electron chi connectivity index (χ2n) is 5.69. The van der Waals surface area contributed by atoms with Crippen molar-refractivity contribution in [3.8, 4) is 5.69 Å². The van der Waals surface area contributed by atoms with Crippen molar-refractivity contribution in [1.29, 1.82) is 0 Å². The molecule has 0 atom stereocenters. The zero-order chi connectivity index (χ0) is 17.4. The molecule has 2 aromatic heterocycles. The van der Waals surface area contributed by atoms with Crippen LogP contribution in [0.1, 0.15) is 11.1 Å². The second kappa shape index (κ2) is 6.18. The third-order valence-corrected chi connectivity index (χ3v) is 4.84. The Morgan fingerprint density at radius 3 is 2.80 bits per heavy atom. The Morgan fingerprint density at radius 1 is 1.08 bits per heavy atom. The molecule has 0 aliphatic heterocycles. The van der Waals surface area contributed by atoms with Crippen LogP contribution >= 0.6 is 11.8 Å². The first-order chi connectivity index (χ1) is 12.1. The van der Waals surface area contributed by atoms with Gasteiger partial charge >= 0.3 is 5.63 Å². The third kappa shape index (κ3) is 2.94. The average Bonchev–Trinajstić information content (AvgIpc) is 3.05. The van der Waals surface area contributed by atoms with E-state index in [9.17, 15) is 4.79 Å². The van der Waals surface area contributed by atoms with E-state index in [2.05, 4.69) is 15.5 Å². The van der Waals surface area contributed by atoms with Crippen LogP contribution in [-0.2, 0) is 0 Å². The predicted octanol–water partition coefficient (Wildman–Crippen LogP) is 3.54. The Kier molecular flexibility index (Phi) is 3.85. The number of nitrogens with zero attached hydrogens (tertiary/aromatic N) is 4. The van der Waals surface area contributed by atoms with E-state index in [0.717, 1.165) is 27.1 Å². The van der Waals surface area contributed by atoms with Gasteiger partial charge in [-0.05, 0) is 59.3 Å². The van der Waals surface area contributed by atoms with E-state index in [4.69, 9.17) is 4.42 Å². The predicted molar refractivity (Wildman–Crippen MR) is 95.2 cm³/mol. The van der Waals surface area contributed by atoms with Crippen molar-refractivity contribution in [2.45, 2.75) is 23.9 Å². The summed E-state index contributed by atoms with van der Waals surface area (Å²) in [5.41, 5.74) is 3.25. The summed E-state index contributed by atoms with van der Waals surface area (Å²) in [5.74, 6) is 0. The lowest BCUT2D eigenvalue weighted by Crippen LogP contribution is -2.03. The lowest BCUT2D eigenvalue weighted by atomic mass is 10.1. The molecule has 124 valence electrons. The molecular formula is C18H14N4O2S. The zero-order valence-electron chi connectivity index (χ0n) is 13.6. The lowest BCUT2D eigenvalue weighted by molar-refractivity contribution is 0.557. The minimum Gasteiger partial charge on any atom is -0.423 e. The van der Waals surface area contributed by atoms with Gasteiger partial charge in [0.1, 0.15) is 5.58 Å². The minimum atomic E-state index is -0.396. The Morgan fingerprint density at radius 2 is 1.92 bits per heavy atom. The first-order valence-corrected chi connectivity index (χ1v) is 8.50. The largest absolute Gasteiger partial charge is 0.423 e. The number of aromatic nitrogens is 4. The van der Waals surface area contributed by atoms with Crippen LogP contribution in [0.25, 0.3) is 16.7 Å². The molecule has 0 aliphatic carbocycles. The highest BCUT2D eigenvalue weighted by molar-refractivity contribution is 7.99. The maximum Gasteiger partial charge on any atom is 0.337 e. The van der Waals surface area contributed by atoms with E-state index in [1.807, 2.05) is 50.2 Å². The van der Waals surface area contributed by atoms with E-state index in [0.29, 0.717) is 10.7 Å². The number of rotatable bonds is 3. The van der Waals surface area contributed by atoms with Gasteiger partial charge in [-0.2, -0.15) is 4.68 Å². The lowest BCUT2D eigenvalue weighted by Gasteiger charge is -2.09. The molecule has 0 radical (unpaired) electrons. The Hall–Kier alpha value is -2.93. The fraction of sp³-hybridized carbons (Fsp3) is 0.111. The standard InChI is InChI=1S/C18H14N4O2S/c1-11-7-8-12(2)14(9-11)22-18(19-20-21-22)25-16-10-17(23)24-15-6-4-3-5-13(15)16/h3-10H,1-2H3. The van der Waals surface area contributed by atoms with Crippen LogP contribution in [0.15, 0.2) is 67.8 Å². The van der Waals surface area contributed by atoms with E-state index < -0.39 is 5.63 Å². The molecule has 2 heterocycles. The van der Waals surface area contributed by atoms with Gasteiger partial charge in [0.05, 0.1) is 5.69 Å². The first kappa shape index (κ1) is 15.6. The summed E-state index contributed by atoms with van der Waals surface area (Å²) in [5, 5.41) is 13.5. The average molecular weight is 350 g/mol. The molecule has 0 saturated carbocycles. The van der Waals surface area contributed by atoms with Crippen molar-refractivity contribution in [3.05, 3.63) is 70.1 Å². The van der Waals surface area contributed by atoms with E-state index in [1.54, 1.807) is 10.7 Å². The summed E-state index contributed by atoms with van der Waals surface area (Å²) >= 11 is 1.34.